The summed E-state index contributed by atoms with van der Waals surface area (Å²) in [6.45, 7) is 0.442. The zero-order valence-electron chi connectivity index (χ0n) is 23.7. The maximum atomic E-state index is 12.7. The number of hydrogen-bond acceptors (Lipinski definition) is 5. The van der Waals surface area contributed by atoms with Gasteiger partial charge in [0, 0.05) is 22.6 Å². The van der Waals surface area contributed by atoms with E-state index < -0.39 is 22.5 Å². The molecule has 0 heterocycles. The number of benzene rings is 4. The molecular formula is C35H31F3O5S. The van der Waals surface area contributed by atoms with Crippen molar-refractivity contribution in [2.75, 3.05) is 12.4 Å². The first-order valence-electron chi connectivity index (χ1n) is 14.1. The molecule has 0 fully saturated rings. The van der Waals surface area contributed by atoms with Gasteiger partial charge in [0.05, 0.1) is 23.0 Å². The molecule has 1 aliphatic rings. The van der Waals surface area contributed by atoms with Gasteiger partial charge in [-0.25, -0.2) is 0 Å². The number of hydrogen-bond donors (Lipinski definition) is 3. The van der Waals surface area contributed by atoms with Crippen molar-refractivity contribution in [3.05, 3.63) is 131 Å². The monoisotopic (exact) mass is 620 g/mol. The molecule has 5 rings (SSSR count). The van der Waals surface area contributed by atoms with Gasteiger partial charge in [0.2, 0.25) is 0 Å². The number of aromatic hydroxyl groups is 1. The Kier molecular flexibility index (Phi) is 9.44. The average molecular weight is 621 g/mol. The van der Waals surface area contributed by atoms with Gasteiger partial charge in [0.15, 0.2) is 5.76 Å². The van der Waals surface area contributed by atoms with Crippen LogP contribution in [0.15, 0.2) is 108 Å². The van der Waals surface area contributed by atoms with Crippen LogP contribution in [0.4, 0.5) is 13.2 Å². The summed E-state index contributed by atoms with van der Waals surface area (Å²) in [6, 6.07) is 26.3. The molecule has 44 heavy (non-hydrogen) atoms. The fourth-order valence-corrected chi connectivity index (χ4v) is 6.29. The van der Waals surface area contributed by atoms with Crippen molar-refractivity contribution in [3.8, 4) is 11.5 Å². The molecule has 0 spiro atoms. The molecule has 0 saturated carbocycles. The van der Waals surface area contributed by atoms with Crippen molar-refractivity contribution in [2.45, 2.75) is 36.8 Å². The predicted molar refractivity (Wildman–Crippen MR) is 166 cm³/mol. The molecule has 9 heteroatoms. The van der Waals surface area contributed by atoms with Gasteiger partial charge in [0.1, 0.15) is 17.3 Å². The third-order valence-corrected chi connectivity index (χ3v) is 8.86. The average Bonchev–Trinajstić information content (AvgIpc) is 3.13. The highest BCUT2D eigenvalue weighted by molar-refractivity contribution is 7.85. The van der Waals surface area contributed by atoms with Crippen molar-refractivity contribution in [3.63, 3.8) is 0 Å². The van der Waals surface area contributed by atoms with E-state index in [4.69, 9.17) is 4.74 Å². The van der Waals surface area contributed by atoms with Gasteiger partial charge in [-0.05, 0) is 102 Å². The van der Waals surface area contributed by atoms with Gasteiger partial charge in [-0.3, -0.25) is 4.21 Å². The van der Waals surface area contributed by atoms with Crippen molar-refractivity contribution >= 4 is 27.7 Å². The number of fused-ring (bicyclic) bond motifs is 1. The third-order valence-electron chi connectivity index (χ3n) is 7.40. The van der Waals surface area contributed by atoms with Crippen molar-refractivity contribution in [2.24, 2.45) is 0 Å². The minimum atomic E-state index is -4.42. The van der Waals surface area contributed by atoms with E-state index in [0.717, 1.165) is 47.2 Å². The SMILES string of the molecule is O=S(CCCCCOc1ccc(C2=C(c3ccccc3)CC(O)=C(O)c3cc(O)ccc32)cc1)c1ccc(C(F)(F)F)cc1. The fraction of sp³-hybridized carbons (Fsp3) is 0.200. The molecule has 0 bridgehead atoms. The largest absolute Gasteiger partial charge is 0.508 e. The van der Waals surface area contributed by atoms with Crippen LogP contribution in [0.3, 0.4) is 0 Å². The number of unbranched alkanes of at least 4 members (excludes halogenated alkanes) is 2. The molecular weight excluding hydrogens is 589 g/mol. The summed E-state index contributed by atoms with van der Waals surface area (Å²) in [6.07, 6.45) is -2.20. The fourth-order valence-electron chi connectivity index (χ4n) is 5.15. The lowest BCUT2D eigenvalue weighted by atomic mass is 9.87. The summed E-state index contributed by atoms with van der Waals surface area (Å²) < 4.78 is 56.6. The maximum Gasteiger partial charge on any atom is 0.416 e. The Hall–Kier alpha value is -4.50. The van der Waals surface area contributed by atoms with Crippen LogP contribution in [0.25, 0.3) is 16.9 Å². The molecule has 0 saturated heterocycles. The first-order valence-corrected chi connectivity index (χ1v) is 15.5. The number of phenolic OH excluding ortho intramolecular Hbond substituents is 1. The Morgan fingerprint density at radius 3 is 2.14 bits per heavy atom. The van der Waals surface area contributed by atoms with Gasteiger partial charge in [0.25, 0.3) is 0 Å². The van der Waals surface area contributed by atoms with Crippen molar-refractivity contribution in [1.82, 2.24) is 0 Å². The van der Waals surface area contributed by atoms with Crippen LogP contribution in [-0.4, -0.2) is 31.9 Å². The number of alkyl halides is 3. The van der Waals surface area contributed by atoms with E-state index in [2.05, 4.69) is 0 Å². The van der Waals surface area contributed by atoms with Crippen molar-refractivity contribution < 1.29 is 37.4 Å². The first kappa shape index (κ1) is 30.9. The van der Waals surface area contributed by atoms with Gasteiger partial charge in [-0.2, -0.15) is 13.2 Å². The Morgan fingerprint density at radius 1 is 0.750 bits per heavy atom. The Bertz CT molecular complexity index is 1690. The van der Waals surface area contributed by atoms with Crippen LogP contribution >= 0.6 is 0 Å². The van der Waals surface area contributed by atoms with E-state index in [0.29, 0.717) is 40.6 Å². The number of aliphatic hydroxyl groups is 2. The standard InChI is InChI=1S/C35H31F3O5S/c36-35(37,38)25-11-16-28(17-12-25)44(42)20-6-2-5-19-43-27-14-9-24(10-15-27)33-29-18-13-26(39)21-31(29)34(41)32(40)22-30(33)23-7-3-1-4-8-23/h1,3-4,7-18,21,39-41H,2,5-6,19-20,22H2. The number of allylic oxidation sites excluding steroid dienone is 1. The van der Waals surface area contributed by atoms with Crippen LogP contribution in [0.5, 0.6) is 11.5 Å². The summed E-state index contributed by atoms with van der Waals surface area (Å²) in [5.41, 5.74) is 3.62. The van der Waals surface area contributed by atoms with E-state index in [1.54, 1.807) is 12.1 Å². The second kappa shape index (κ2) is 13.4. The smallest absolute Gasteiger partial charge is 0.416 e. The number of halogens is 3. The van der Waals surface area contributed by atoms with E-state index in [1.807, 2.05) is 54.6 Å². The molecule has 0 radical (unpaired) electrons. The number of ether oxygens (including phenoxy) is 1. The zero-order chi connectivity index (χ0) is 31.3. The molecule has 0 aliphatic heterocycles. The molecule has 1 unspecified atom stereocenters. The maximum absolute atomic E-state index is 12.7. The molecule has 3 N–H and O–H groups in total. The molecule has 1 atom stereocenters. The van der Waals surface area contributed by atoms with Gasteiger partial charge in [-0.15, -0.1) is 0 Å². The molecule has 0 amide bonds. The minimum Gasteiger partial charge on any atom is -0.508 e. The lowest BCUT2D eigenvalue weighted by Crippen LogP contribution is -2.05. The van der Waals surface area contributed by atoms with E-state index >= 15 is 0 Å². The normalized spacial score (nSPS) is 14.2. The van der Waals surface area contributed by atoms with Crippen LogP contribution in [0.2, 0.25) is 0 Å². The number of rotatable bonds is 10. The molecule has 4 aromatic carbocycles. The van der Waals surface area contributed by atoms with Gasteiger partial charge < -0.3 is 20.1 Å². The van der Waals surface area contributed by atoms with Crippen LogP contribution in [-0.2, 0) is 17.0 Å². The second-order valence-corrected chi connectivity index (χ2v) is 12.0. The van der Waals surface area contributed by atoms with Crippen LogP contribution < -0.4 is 4.74 Å². The van der Waals surface area contributed by atoms with Crippen LogP contribution in [0, 0.1) is 0 Å². The third kappa shape index (κ3) is 7.17. The topological polar surface area (TPSA) is 87.0 Å². The highest BCUT2D eigenvalue weighted by atomic mass is 32.2. The van der Waals surface area contributed by atoms with Gasteiger partial charge >= 0.3 is 6.18 Å². The summed E-state index contributed by atoms with van der Waals surface area (Å²) >= 11 is 0. The summed E-state index contributed by atoms with van der Waals surface area (Å²) in [7, 11) is -1.37. The molecule has 1 aliphatic carbocycles. The van der Waals surface area contributed by atoms with Crippen molar-refractivity contribution in [1.29, 1.82) is 0 Å². The lowest BCUT2D eigenvalue weighted by molar-refractivity contribution is -0.137. The first-order chi connectivity index (χ1) is 21.1. The summed E-state index contributed by atoms with van der Waals surface area (Å²) in [5, 5.41) is 31.7. The molecule has 5 nitrogen and oxygen atoms in total. The highest BCUT2D eigenvalue weighted by Crippen LogP contribution is 2.43. The molecule has 228 valence electrons. The van der Waals surface area contributed by atoms with E-state index in [-0.39, 0.29) is 23.7 Å². The lowest BCUT2D eigenvalue weighted by Gasteiger charge is -2.17. The van der Waals surface area contributed by atoms with E-state index in [1.165, 1.54) is 18.2 Å². The predicted octanol–water partition coefficient (Wildman–Crippen LogP) is 8.92. The zero-order valence-corrected chi connectivity index (χ0v) is 24.5. The number of phenols is 1. The van der Waals surface area contributed by atoms with Gasteiger partial charge in [-0.1, -0.05) is 42.5 Å². The Labute approximate surface area is 256 Å². The van der Waals surface area contributed by atoms with Crippen LogP contribution in [0.1, 0.15) is 53.5 Å². The molecule has 4 aromatic rings. The quantitative estimate of drug-likeness (QED) is 0.154. The minimum absolute atomic E-state index is 0.0276. The highest BCUT2D eigenvalue weighted by Gasteiger charge is 2.30. The Morgan fingerprint density at radius 2 is 1.45 bits per heavy atom. The Balaban J connectivity index is 1.23. The second-order valence-electron chi connectivity index (χ2n) is 10.4. The number of aliphatic hydroxyl groups excluding tert-OH is 2. The summed E-state index contributed by atoms with van der Waals surface area (Å²) in [5.74, 6) is 0.529. The summed E-state index contributed by atoms with van der Waals surface area (Å²) in [4.78, 5) is 0.383. The molecule has 0 aromatic heterocycles. The van der Waals surface area contributed by atoms with E-state index in [9.17, 15) is 32.7 Å².